The fourth-order valence-corrected chi connectivity index (χ4v) is 3.83. The molecule has 0 spiro atoms. The van der Waals surface area contributed by atoms with Gasteiger partial charge in [0.2, 0.25) is 0 Å². The van der Waals surface area contributed by atoms with Crippen molar-refractivity contribution in [2.75, 3.05) is 33.3 Å². The number of aliphatic imine (C=N–C) groups is 1. The van der Waals surface area contributed by atoms with Crippen molar-refractivity contribution in [3.8, 4) is 0 Å². The van der Waals surface area contributed by atoms with Gasteiger partial charge in [-0.05, 0) is 45.2 Å². The summed E-state index contributed by atoms with van der Waals surface area (Å²) < 4.78 is 7.42. The minimum absolute atomic E-state index is 0.0202. The van der Waals surface area contributed by atoms with E-state index in [4.69, 9.17) is 4.74 Å². The number of nitrogens with zero attached hydrogens (tertiary/aromatic N) is 4. The SMILES string of the molecule is CCOC(=O)C1CCN(C(=NC)NCCCn2c(C)nc3ccccc32)CC1. The Bertz CT molecular complexity index is 821. The van der Waals surface area contributed by atoms with Crippen molar-refractivity contribution in [2.24, 2.45) is 10.9 Å². The van der Waals surface area contributed by atoms with Crippen LogP contribution in [0.15, 0.2) is 29.3 Å². The lowest BCUT2D eigenvalue weighted by atomic mass is 9.97. The summed E-state index contributed by atoms with van der Waals surface area (Å²) in [4.78, 5) is 23.2. The van der Waals surface area contributed by atoms with Crippen LogP contribution < -0.4 is 5.32 Å². The van der Waals surface area contributed by atoms with Crippen molar-refractivity contribution in [1.82, 2.24) is 19.8 Å². The zero-order valence-corrected chi connectivity index (χ0v) is 17.1. The molecule has 1 aliphatic rings. The lowest BCUT2D eigenvalue weighted by molar-refractivity contribution is -0.149. The van der Waals surface area contributed by atoms with E-state index in [0.717, 1.165) is 62.7 Å². The molecule has 0 saturated carbocycles. The minimum Gasteiger partial charge on any atom is -0.466 e. The fourth-order valence-electron chi connectivity index (χ4n) is 3.83. The summed E-state index contributed by atoms with van der Waals surface area (Å²) in [6.45, 7) is 7.78. The van der Waals surface area contributed by atoms with Gasteiger partial charge in [0.25, 0.3) is 0 Å². The molecule has 1 fully saturated rings. The van der Waals surface area contributed by atoms with Crippen LogP contribution in [0.25, 0.3) is 11.0 Å². The second kappa shape index (κ2) is 9.57. The Kier molecular flexibility index (Phi) is 6.90. The van der Waals surface area contributed by atoms with Crippen LogP contribution in [0.5, 0.6) is 0 Å². The summed E-state index contributed by atoms with van der Waals surface area (Å²) in [6, 6.07) is 8.25. The summed E-state index contributed by atoms with van der Waals surface area (Å²) in [7, 11) is 1.81. The number of para-hydroxylation sites is 2. The molecule has 3 rings (SSSR count). The van der Waals surface area contributed by atoms with Crippen molar-refractivity contribution in [3.63, 3.8) is 0 Å². The third-order valence-electron chi connectivity index (χ3n) is 5.31. The Labute approximate surface area is 166 Å². The van der Waals surface area contributed by atoms with Crippen LogP contribution in [-0.2, 0) is 16.1 Å². The quantitative estimate of drug-likeness (QED) is 0.358. The average molecular weight is 386 g/mol. The molecule has 0 unspecified atom stereocenters. The van der Waals surface area contributed by atoms with E-state index in [1.165, 1.54) is 5.52 Å². The van der Waals surface area contributed by atoms with Gasteiger partial charge in [0, 0.05) is 33.2 Å². The highest BCUT2D eigenvalue weighted by molar-refractivity contribution is 5.80. The molecule has 2 aromatic rings. The normalized spacial score (nSPS) is 15.8. The molecule has 1 aromatic heterocycles. The Morgan fingerprint density at radius 2 is 2.07 bits per heavy atom. The maximum Gasteiger partial charge on any atom is 0.309 e. The number of carbonyl (C=O) groups is 1. The maximum atomic E-state index is 11.9. The van der Waals surface area contributed by atoms with Gasteiger partial charge >= 0.3 is 5.97 Å². The molecule has 1 saturated heterocycles. The van der Waals surface area contributed by atoms with E-state index in [-0.39, 0.29) is 11.9 Å². The smallest absolute Gasteiger partial charge is 0.309 e. The van der Waals surface area contributed by atoms with Crippen LogP contribution in [0, 0.1) is 12.8 Å². The Morgan fingerprint density at radius 1 is 1.32 bits per heavy atom. The maximum absolute atomic E-state index is 11.9. The molecule has 0 bridgehead atoms. The van der Waals surface area contributed by atoms with Gasteiger partial charge in [-0.15, -0.1) is 0 Å². The third kappa shape index (κ3) is 4.64. The predicted molar refractivity (Wildman–Crippen MR) is 111 cm³/mol. The number of guanidine groups is 1. The third-order valence-corrected chi connectivity index (χ3v) is 5.31. The van der Waals surface area contributed by atoms with E-state index < -0.39 is 0 Å². The first kappa shape index (κ1) is 20.2. The number of esters is 1. The standard InChI is InChI=1S/C21H31N5O2/c1-4-28-20(27)17-10-14-25(15-11-17)21(22-3)23-12-7-13-26-16(2)24-18-8-5-6-9-19(18)26/h5-6,8-9,17H,4,7,10-15H2,1-3H3,(H,22,23). The number of likely N-dealkylation sites (tertiary alicyclic amines) is 1. The number of benzene rings is 1. The van der Waals surface area contributed by atoms with Gasteiger partial charge in [-0.2, -0.15) is 0 Å². The number of carbonyl (C=O) groups excluding carboxylic acids is 1. The summed E-state index contributed by atoms with van der Waals surface area (Å²) >= 11 is 0. The lowest BCUT2D eigenvalue weighted by Gasteiger charge is -2.33. The van der Waals surface area contributed by atoms with Crippen LogP contribution in [-0.4, -0.2) is 59.7 Å². The number of hydrogen-bond donors (Lipinski definition) is 1. The van der Waals surface area contributed by atoms with Crippen LogP contribution in [0.2, 0.25) is 0 Å². The Hall–Kier alpha value is -2.57. The number of aryl methyl sites for hydroxylation is 2. The highest BCUT2D eigenvalue weighted by atomic mass is 16.5. The minimum atomic E-state index is -0.0620. The van der Waals surface area contributed by atoms with Gasteiger partial charge in [-0.1, -0.05) is 12.1 Å². The molecule has 0 atom stereocenters. The van der Waals surface area contributed by atoms with Crippen molar-refractivity contribution in [3.05, 3.63) is 30.1 Å². The molecule has 1 aromatic carbocycles. The van der Waals surface area contributed by atoms with Gasteiger partial charge in [-0.25, -0.2) is 4.98 Å². The summed E-state index contributed by atoms with van der Waals surface area (Å²) in [5.74, 6) is 1.92. The molecule has 7 nitrogen and oxygen atoms in total. The number of fused-ring (bicyclic) bond motifs is 1. The first-order chi connectivity index (χ1) is 13.6. The van der Waals surface area contributed by atoms with Crippen molar-refractivity contribution < 1.29 is 9.53 Å². The molecule has 28 heavy (non-hydrogen) atoms. The molecule has 152 valence electrons. The fraction of sp³-hybridized carbons (Fsp3) is 0.571. The molecule has 2 heterocycles. The predicted octanol–water partition coefficient (Wildman–Crippen LogP) is 2.59. The summed E-state index contributed by atoms with van der Waals surface area (Å²) in [5, 5.41) is 3.46. The molecule has 0 amide bonds. The number of hydrogen-bond acceptors (Lipinski definition) is 4. The van der Waals surface area contributed by atoms with Crippen LogP contribution in [0.3, 0.4) is 0 Å². The largest absolute Gasteiger partial charge is 0.466 e. The van der Waals surface area contributed by atoms with E-state index in [9.17, 15) is 4.79 Å². The van der Waals surface area contributed by atoms with E-state index >= 15 is 0 Å². The topological polar surface area (TPSA) is 71.8 Å². The Balaban J connectivity index is 1.46. The molecular weight excluding hydrogens is 354 g/mol. The van der Waals surface area contributed by atoms with Crippen molar-refractivity contribution in [2.45, 2.75) is 39.7 Å². The molecule has 1 N–H and O–H groups in total. The summed E-state index contributed by atoms with van der Waals surface area (Å²) in [6.07, 6.45) is 2.62. The zero-order valence-electron chi connectivity index (χ0n) is 17.1. The highest BCUT2D eigenvalue weighted by Crippen LogP contribution is 2.19. The number of imidazole rings is 1. The molecule has 1 aliphatic heterocycles. The molecule has 0 aliphatic carbocycles. The van der Waals surface area contributed by atoms with E-state index in [1.54, 1.807) is 0 Å². The number of aromatic nitrogens is 2. The molecule has 0 radical (unpaired) electrons. The van der Waals surface area contributed by atoms with Gasteiger partial charge < -0.3 is 19.5 Å². The lowest BCUT2D eigenvalue weighted by Crippen LogP contribution is -2.47. The van der Waals surface area contributed by atoms with Crippen LogP contribution in [0.4, 0.5) is 0 Å². The van der Waals surface area contributed by atoms with Crippen molar-refractivity contribution >= 4 is 23.0 Å². The van der Waals surface area contributed by atoms with Crippen LogP contribution in [0.1, 0.15) is 32.0 Å². The van der Waals surface area contributed by atoms with E-state index in [2.05, 4.69) is 49.9 Å². The number of piperidine rings is 1. The van der Waals surface area contributed by atoms with Crippen molar-refractivity contribution in [1.29, 1.82) is 0 Å². The second-order valence-electron chi connectivity index (χ2n) is 7.14. The number of ether oxygens (including phenoxy) is 1. The first-order valence-electron chi connectivity index (χ1n) is 10.2. The Morgan fingerprint density at radius 3 is 2.79 bits per heavy atom. The second-order valence-corrected chi connectivity index (χ2v) is 7.14. The zero-order chi connectivity index (χ0) is 19.9. The van der Waals surface area contributed by atoms with Crippen LogP contribution >= 0.6 is 0 Å². The van der Waals surface area contributed by atoms with Gasteiger partial charge in [0.15, 0.2) is 5.96 Å². The highest BCUT2D eigenvalue weighted by Gasteiger charge is 2.27. The van der Waals surface area contributed by atoms with E-state index in [0.29, 0.717) is 6.61 Å². The number of nitrogens with one attached hydrogen (secondary N) is 1. The van der Waals surface area contributed by atoms with Gasteiger partial charge in [-0.3, -0.25) is 9.79 Å². The van der Waals surface area contributed by atoms with Gasteiger partial charge in [0.1, 0.15) is 5.82 Å². The van der Waals surface area contributed by atoms with E-state index in [1.807, 2.05) is 20.0 Å². The summed E-state index contributed by atoms with van der Waals surface area (Å²) in [5.41, 5.74) is 2.23. The monoisotopic (exact) mass is 385 g/mol. The van der Waals surface area contributed by atoms with Gasteiger partial charge in [0.05, 0.1) is 23.6 Å². The molecular formula is C21H31N5O2. The average Bonchev–Trinajstić information content (AvgIpc) is 3.03. The first-order valence-corrected chi connectivity index (χ1v) is 10.2. The number of rotatable bonds is 6. The molecule has 7 heteroatoms.